The molecule has 1 amide bonds. The second-order valence-electron chi connectivity index (χ2n) is 10.0. The number of nitrogens with zero attached hydrogens (tertiary/aromatic N) is 1. The number of amides is 1. The number of aliphatic hydroxyl groups is 1. The molecule has 0 aliphatic carbocycles. The minimum Gasteiger partial charge on any atom is -0.507 e. The van der Waals surface area contributed by atoms with Crippen LogP contribution in [0.4, 0.5) is 5.69 Å². The molecule has 3 aromatic rings. The molecule has 0 spiro atoms. The summed E-state index contributed by atoms with van der Waals surface area (Å²) in [6, 6.07) is 19.7. The van der Waals surface area contributed by atoms with Crippen LogP contribution in [0.15, 0.2) is 72.3 Å². The lowest BCUT2D eigenvalue weighted by Crippen LogP contribution is -2.29. The number of carbonyl (C=O) groups is 2. The Balaban J connectivity index is 1.97. The summed E-state index contributed by atoms with van der Waals surface area (Å²) in [5.74, 6) is -0.860. The number of aliphatic hydroxyl groups excluding tert-OH is 1. The van der Waals surface area contributed by atoms with Crippen LogP contribution in [0.3, 0.4) is 0 Å². The van der Waals surface area contributed by atoms with Crippen molar-refractivity contribution in [3.05, 3.63) is 100 Å². The quantitative estimate of drug-likeness (QED) is 0.279. The third-order valence-electron chi connectivity index (χ3n) is 6.52. The highest BCUT2D eigenvalue weighted by Crippen LogP contribution is 2.44. The summed E-state index contributed by atoms with van der Waals surface area (Å²) in [6.07, 6.45) is 0. The molecule has 1 atom stereocenters. The Hall–Kier alpha value is -3.86. The van der Waals surface area contributed by atoms with Gasteiger partial charge in [-0.3, -0.25) is 14.5 Å². The van der Waals surface area contributed by atoms with Gasteiger partial charge in [-0.05, 0) is 60.7 Å². The molecule has 0 aromatic heterocycles. The Kier molecular flexibility index (Phi) is 6.28. The lowest BCUT2D eigenvalue weighted by atomic mass is 9.84. The van der Waals surface area contributed by atoms with Gasteiger partial charge in [0, 0.05) is 16.8 Å². The maximum Gasteiger partial charge on any atom is 0.300 e. The molecule has 1 saturated heterocycles. The number of anilines is 1. The van der Waals surface area contributed by atoms with Crippen molar-refractivity contribution in [1.82, 2.24) is 0 Å². The van der Waals surface area contributed by atoms with Gasteiger partial charge in [-0.15, -0.1) is 0 Å². The second-order valence-corrected chi connectivity index (χ2v) is 10.0. The summed E-state index contributed by atoms with van der Waals surface area (Å²) in [7, 11) is 1.61. The maximum absolute atomic E-state index is 13.4. The minimum atomic E-state index is -0.751. The number of hydrogen-bond donors (Lipinski definition) is 1. The van der Waals surface area contributed by atoms with Crippen molar-refractivity contribution in [3.8, 4) is 5.75 Å². The Morgan fingerprint density at radius 1 is 0.943 bits per heavy atom. The highest BCUT2D eigenvalue weighted by molar-refractivity contribution is 6.51. The van der Waals surface area contributed by atoms with Crippen molar-refractivity contribution < 1.29 is 19.4 Å². The largest absolute Gasteiger partial charge is 0.507 e. The van der Waals surface area contributed by atoms with Crippen LogP contribution in [0.25, 0.3) is 5.76 Å². The zero-order valence-electron chi connectivity index (χ0n) is 21.0. The fourth-order valence-corrected chi connectivity index (χ4v) is 4.59. The van der Waals surface area contributed by atoms with Gasteiger partial charge in [0.2, 0.25) is 0 Å². The lowest BCUT2D eigenvalue weighted by Gasteiger charge is -2.27. The van der Waals surface area contributed by atoms with Crippen molar-refractivity contribution in [2.24, 2.45) is 0 Å². The van der Waals surface area contributed by atoms with Crippen molar-refractivity contribution >= 4 is 23.1 Å². The summed E-state index contributed by atoms with van der Waals surface area (Å²) < 4.78 is 5.53. The SMILES string of the molecule is COc1ccc(/C(O)=C2\C(=O)C(=O)N(c3ccc(C)cc3)C2c2ccccc2C)cc1C(C)(C)C. The van der Waals surface area contributed by atoms with Crippen molar-refractivity contribution in [2.75, 3.05) is 12.0 Å². The number of Topliss-reactive ketones (excluding diaryl/α,β-unsaturated/α-hetero) is 1. The number of hydrogen-bond acceptors (Lipinski definition) is 4. The molecule has 0 saturated carbocycles. The normalized spacial score (nSPS) is 17.7. The fraction of sp³-hybridized carbons (Fsp3) is 0.267. The molecule has 180 valence electrons. The Bertz CT molecular complexity index is 1330. The molecule has 0 radical (unpaired) electrons. The lowest BCUT2D eigenvalue weighted by molar-refractivity contribution is -0.132. The van der Waals surface area contributed by atoms with Gasteiger partial charge in [0.05, 0.1) is 18.7 Å². The van der Waals surface area contributed by atoms with Crippen LogP contribution in [0, 0.1) is 13.8 Å². The van der Waals surface area contributed by atoms with E-state index in [-0.39, 0.29) is 16.7 Å². The smallest absolute Gasteiger partial charge is 0.300 e. The van der Waals surface area contributed by atoms with E-state index in [9.17, 15) is 14.7 Å². The van der Waals surface area contributed by atoms with E-state index in [1.165, 1.54) is 4.90 Å². The summed E-state index contributed by atoms with van der Waals surface area (Å²) in [6.45, 7) is 10.1. The molecule has 1 aliphatic rings. The Morgan fingerprint density at radius 2 is 1.60 bits per heavy atom. The van der Waals surface area contributed by atoms with Gasteiger partial charge in [0.15, 0.2) is 0 Å². The van der Waals surface area contributed by atoms with E-state index in [4.69, 9.17) is 4.74 Å². The van der Waals surface area contributed by atoms with E-state index in [2.05, 4.69) is 20.8 Å². The third-order valence-corrected chi connectivity index (χ3v) is 6.52. The molecular formula is C30H31NO4. The molecule has 0 bridgehead atoms. The molecule has 35 heavy (non-hydrogen) atoms. The van der Waals surface area contributed by atoms with Crippen molar-refractivity contribution in [2.45, 2.75) is 46.1 Å². The average Bonchev–Trinajstić information content (AvgIpc) is 3.08. The van der Waals surface area contributed by atoms with E-state index in [0.717, 1.165) is 22.3 Å². The van der Waals surface area contributed by atoms with Gasteiger partial charge in [-0.1, -0.05) is 62.7 Å². The van der Waals surface area contributed by atoms with Crippen molar-refractivity contribution in [1.29, 1.82) is 0 Å². The molecule has 3 aromatic carbocycles. The minimum absolute atomic E-state index is 0.0786. The van der Waals surface area contributed by atoms with Gasteiger partial charge in [-0.25, -0.2) is 0 Å². The van der Waals surface area contributed by atoms with E-state index in [1.54, 1.807) is 19.2 Å². The summed E-state index contributed by atoms with van der Waals surface area (Å²) in [4.78, 5) is 28.3. The Labute approximate surface area is 206 Å². The molecule has 4 rings (SSSR count). The second kappa shape index (κ2) is 9.06. The van der Waals surface area contributed by atoms with E-state index in [1.807, 2.05) is 68.4 Å². The predicted octanol–water partition coefficient (Wildman–Crippen LogP) is 6.24. The molecule has 1 aliphatic heterocycles. The Morgan fingerprint density at radius 3 is 2.20 bits per heavy atom. The molecule has 5 heteroatoms. The molecular weight excluding hydrogens is 438 g/mol. The van der Waals surface area contributed by atoms with Crippen LogP contribution >= 0.6 is 0 Å². The first-order valence-electron chi connectivity index (χ1n) is 11.7. The molecule has 1 heterocycles. The number of benzene rings is 3. The van der Waals surface area contributed by atoms with Crippen LogP contribution in [-0.2, 0) is 15.0 Å². The van der Waals surface area contributed by atoms with E-state index in [0.29, 0.717) is 17.0 Å². The van der Waals surface area contributed by atoms with E-state index < -0.39 is 17.7 Å². The van der Waals surface area contributed by atoms with Gasteiger partial charge in [-0.2, -0.15) is 0 Å². The van der Waals surface area contributed by atoms with Crippen LogP contribution < -0.4 is 9.64 Å². The van der Waals surface area contributed by atoms with Crippen molar-refractivity contribution in [3.63, 3.8) is 0 Å². The summed E-state index contributed by atoms with van der Waals surface area (Å²) in [5.41, 5.74) is 4.55. The zero-order valence-corrected chi connectivity index (χ0v) is 21.0. The van der Waals surface area contributed by atoms with Crippen LogP contribution in [0.1, 0.15) is 54.6 Å². The molecule has 5 nitrogen and oxygen atoms in total. The standard InChI is InChI=1S/C30H31NO4/c1-18-11-14-21(15-12-18)31-26(22-10-8-7-9-19(22)2)25(28(33)29(31)34)27(32)20-13-16-24(35-6)23(17-20)30(3,4)5/h7-17,26,32H,1-6H3/b27-25+. The van der Waals surface area contributed by atoms with Gasteiger partial charge in [0.1, 0.15) is 11.5 Å². The molecule has 1 N–H and O–H groups in total. The number of methoxy groups -OCH3 is 1. The number of ketones is 1. The van der Waals surface area contributed by atoms with Crippen LogP contribution in [-0.4, -0.2) is 23.9 Å². The third kappa shape index (κ3) is 4.34. The molecule has 1 fully saturated rings. The summed E-state index contributed by atoms with van der Waals surface area (Å²) in [5, 5.41) is 11.5. The first-order chi connectivity index (χ1) is 16.5. The zero-order chi connectivity index (χ0) is 25.5. The maximum atomic E-state index is 13.4. The number of rotatable bonds is 4. The van der Waals surface area contributed by atoms with Gasteiger partial charge in [0.25, 0.3) is 11.7 Å². The van der Waals surface area contributed by atoms with Gasteiger partial charge >= 0.3 is 0 Å². The van der Waals surface area contributed by atoms with Gasteiger partial charge < -0.3 is 9.84 Å². The topological polar surface area (TPSA) is 66.8 Å². The highest BCUT2D eigenvalue weighted by atomic mass is 16.5. The first kappa shape index (κ1) is 24.3. The number of carbonyl (C=O) groups excluding carboxylic acids is 2. The number of ether oxygens (including phenoxy) is 1. The van der Waals surface area contributed by atoms with E-state index >= 15 is 0 Å². The monoisotopic (exact) mass is 469 g/mol. The predicted molar refractivity (Wildman–Crippen MR) is 139 cm³/mol. The first-order valence-corrected chi connectivity index (χ1v) is 11.7. The number of aryl methyl sites for hydroxylation is 2. The summed E-state index contributed by atoms with van der Waals surface area (Å²) >= 11 is 0. The van der Waals surface area contributed by atoms with Crippen LogP contribution in [0.2, 0.25) is 0 Å². The highest BCUT2D eigenvalue weighted by Gasteiger charge is 2.47. The van der Waals surface area contributed by atoms with Crippen LogP contribution in [0.5, 0.6) is 5.75 Å². The molecule has 1 unspecified atom stereocenters. The average molecular weight is 470 g/mol. The fourth-order valence-electron chi connectivity index (χ4n) is 4.59.